The number of rotatable bonds is 5. The molecular weight excluding hydrogens is 283 g/mol. The highest BCUT2D eigenvalue weighted by Gasteiger charge is 2.30. The van der Waals surface area contributed by atoms with E-state index < -0.39 is 11.7 Å². The molecule has 0 heterocycles. The minimum Gasteiger partial charge on any atom is -0.444 e. The summed E-state index contributed by atoms with van der Waals surface area (Å²) in [5.41, 5.74) is 0.376. The van der Waals surface area contributed by atoms with Gasteiger partial charge in [0.2, 0.25) is 0 Å². The van der Waals surface area contributed by atoms with Gasteiger partial charge in [-0.3, -0.25) is 5.32 Å². The van der Waals surface area contributed by atoms with E-state index in [-0.39, 0.29) is 11.9 Å². The van der Waals surface area contributed by atoms with E-state index in [0.717, 1.165) is 6.42 Å². The van der Waals surface area contributed by atoms with Crippen LogP contribution in [-0.4, -0.2) is 17.7 Å². The summed E-state index contributed by atoms with van der Waals surface area (Å²) >= 11 is 0. The molecule has 5 heteroatoms. The van der Waals surface area contributed by atoms with Gasteiger partial charge in [-0.15, -0.1) is 0 Å². The second-order valence-electron chi connectivity index (χ2n) is 6.82. The van der Waals surface area contributed by atoms with Crippen molar-refractivity contribution in [1.29, 1.82) is 0 Å². The quantitative estimate of drug-likeness (QED) is 0.823. The molecule has 0 spiro atoms. The second kappa shape index (κ2) is 6.55. The smallest absolute Gasteiger partial charge is 0.412 e. The second-order valence-corrected chi connectivity index (χ2v) is 6.82. The minimum atomic E-state index is -0.565. The number of nitrogens with one attached hydrogen (secondary N) is 2. The van der Waals surface area contributed by atoms with Crippen LogP contribution in [0.1, 0.15) is 47.0 Å². The molecule has 1 fully saturated rings. The molecule has 1 atom stereocenters. The molecule has 4 nitrogen and oxygen atoms in total. The van der Waals surface area contributed by atoms with Gasteiger partial charge >= 0.3 is 6.09 Å². The molecular formula is C17H25FN2O2. The van der Waals surface area contributed by atoms with E-state index in [9.17, 15) is 9.18 Å². The summed E-state index contributed by atoms with van der Waals surface area (Å²) in [6.07, 6.45) is 2.80. The Bertz CT molecular complexity index is 536. The molecule has 0 radical (unpaired) electrons. The summed E-state index contributed by atoms with van der Waals surface area (Å²) in [6, 6.07) is 4.79. The largest absolute Gasteiger partial charge is 0.444 e. The van der Waals surface area contributed by atoms with Gasteiger partial charge in [-0.25, -0.2) is 9.18 Å². The van der Waals surface area contributed by atoms with Gasteiger partial charge in [0.15, 0.2) is 0 Å². The highest BCUT2D eigenvalue weighted by Crippen LogP contribution is 2.36. The summed E-state index contributed by atoms with van der Waals surface area (Å²) in [6.45, 7) is 7.49. The summed E-state index contributed by atoms with van der Waals surface area (Å²) in [4.78, 5) is 11.8. The van der Waals surface area contributed by atoms with Crippen molar-refractivity contribution >= 4 is 17.5 Å². The lowest BCUT2D eigenvalue weighted by Crippen LogP contribution is -2.27. The number of carbonyl (C=O) groups is 1. The fourth-order valence-corrected chi connectivity index (χ4v) is 2.39. The van der Waals surface area contributed by atoms with Crippen LogP contribution in [0.5, 0.6) is 0 Å². The maximum Gasteiger partial charge on any atom is 0.412 e. The Hall–Kier alpha value is -1.78. The van der Waals surface area contributed by atoms with Crippen molar-refractivity contribution in [2.24, 2.45) is 5.92 Å². The van der Waals surface area contributed by atoms with E-state index in [4.69, 9.17) is 4.74 Å². The number of hydrogen-bond donors (Lipinski definition) is 2. The molecule has 1 amide bonds. The van der Waals surface area contributed by atoms with E-state index in [1.165, 1.54) is 25.0 Å². The molecule has 1 aromatic carbocycles. The minimum absolute atomic E-state index is 0.284. The molecule has 0 aliphatic heterocycles. The van der Waals surface area contributed by atoms with Crippen molar-refractivity contribution < 1.29 is 13.9 Å². The fraction of sp³-hybridized carbons (Fsp3) is 0.588. The van der Waals surface area contributed by atoms with E-state index in [2.05, 4.69) is 17.6 Å². The van der Waals surface area contributed by atoms with Crippen LogP contribution in [0.3, 0.4) is 0 Å². The van der Waals surface area contributed by atoms with Crippen LogP contribution in [0.25, 0.3) is 0 Å². The Morgan fingerprint density at radius 3 is 2.64 bits per heavy atom. The predicted molar refractivity (Wildman–Crippen MR) is 86.7 cm³/mol. The van der Waals surface area contributed by atoms with Gasteiger partial charge in [0.25, 0.3) is 0 Å². The maximum atomic E-state index is 14.0. The van der Waals surface area contributed by atoms with E-state index in [0.29, 0.717) is 17.3 Å². The molecule has 1 unspecified atom stereocenters. The summed E-state index contributed by atoms with van der Waals surface area (Å²) in [5.74, 6) is 0.320. The van der Waals surface area contributed by atoms with E-state index in [1.54, 1.807) is 26.8 Å². The van der Waals surface area contributed by atoms with Crippen LogP contribution >= 0.6 is 0 Å². The Balaban J connectivity index is 2.04. The van der Waals surface area contributed by atoms with Crippen molar-refractivity contribution in [3.63, 3.8) is 0 Å². The number of anilines is 2. The topological polar surface area (TPSA) is 50.4 Å². The van der Waals surface area contributed by atoms with Crippen molar-refractivity contribution in [2.75, 3.05) is 10.6 Å². The molecule has 122 valence electrons. The Morgan fingerprint density at radius 2 is 2.09 bits per heavy atom. The highest BCUT2D eigenvalue weighted by molar-refractivity contribution is 5.85. The first-order valence-electron chi connectivity index (χ1n) is 7.84. The number of halogens is 1. The first-order chi connectivity index (χ1) is 10.3. The molecule has 1 aliphatic rings. The van der Waals surface area contributed by atoms with E-state index in [1.807, 2.05) is 0 Å². The van der Waals surface area contributed by atoms with Gasteiger partial charge in [-0.1, -0.05) is 6.92 Å². The van der Waals surface area contributed by atoms with Crippen LogP contribution in [0.4, 0.5) is 20.6 Å². The third-order valence-corrected chi connectivity index (χ3v) is 3.58. The third kappa shape index (κ3) is 4.90. The normalized spacial score (nSPS) is 16.0. The van der Waals surface area contributed by atoms with Gasteiger partial charge in [0.05, 0.1) is 5.69 Å². The van der Waals surface area contributed by atoms with Crippen LogP contribution in [0, 0.1) is 11.7 Å². The lowest BCUT2D eigenvalue weighted by Gasteiger charge is -2.21. The lowest BCUT2D eigenvalue weighted by molar-refractivity contribution is 0.0636. The third-order valence-electron chi connectivity index (χ3n) is 3.58. The van der Waals surface area contributed by atoms with Crippen LogP contribution < -0.4 is 10.6 Å². The number of amides is 1. The average Bonchev–Trinajstić information content (AvgIpc) is 3.21. The van der Waals surface area contributed by atoms with Crippen molar-refractivity contribution in [2.45, 2.75) is 58.6 Å². The molecule has 1 aliphatic carbocycles. The number of ether oxygens (including phenoxy) is 1. The average molecular weight is 308 g/mol. The van der Waals surface area contributed by atoms with Gasteiger partial charge in [0.1, 0.15) is 11.4 Å². The van der Waals surface area contributed by atoms with Crippen molar-refractivity contribution in [3.05, 3.63) is 24.0 Å². The summed E-state index contributed by atoms with van der Waals surface area (Å²) in [5, 5.41) is 5.89. The van der Waals surface area contributed by atoms with Gasteiger partial charge in [-0.2, -0.15) is 0 Å². The molecule has 1 saturated carbocycles. The zero-order valence-corrected chi connectivity index (χ0v) is 13.7. The Kier molecular flexibility index (Phi) is 4.94. The molecule has 0 bridgehead atoms. The monoisotopic (exact) mass is 308 g/mol. The SMILES string of the molecule is CCC(Nc1cc(NC(=O)OC(C)(C)C)ccc1F)C1CC1. The van der Waals surface area contributed by atoms with Crippen LogP contribution in [0.15, 0.2) is 18.2 Å². The van der Waals surface area contributed by atoms with Gasteiger partial charge in [0, 0.05) is 11.7 Å². The summed E-state index contributed by atoms with van der Waals surface area (Å²) in [7, 11) is 0. The van der Waals surface area contributed by atoms with E-state index >= 15 is 0 Å². The molecule has 22 heavy (non-hydrogen) atoms. The number of hydrogen-bond acceptors (Lipinski definition) is 3. The summed E-state index contributed by atoms with van der Waals surface area (Å²) < 4.78 is 19.2. The molecule has 2 N–H and O–H groups in total. The van der Waals surface area contributed by atoms with Crippen molar-refractivity contribution in [1.82, 2.24) is 0 Å². The standard InChI is InChI=1S/C17H25FN2O2/c1-5-14(11-6-7-11)20-15-10-12(8-9-13(15)18)19-16(21)22-17(2,3)4/h8-11,14,20H,5-7H2,1-4H3,(H,19,21). The molecule has 0 aromatic heterocycles. The number of carbonyl (C=O) groups excluding carboxylic acids is 1. The first kappa shape index (κ1) is 16.6. The Labute approximate surface area is 131 Å². The number of benzene rings is 1. The zero-order chi connectivity index (χ0) is 16.3. The highest BCUT2D eigenvalue weighted by atomic mass is 19.1. The lowest BCUT2D eigenvalue weighted by atomic mass is 10.1. The maximum absolute atomic E-state index is 14.0. The van der Waals surface area contributed by atoms with Crippen LogP contribution in [-0.2, 0) is 4.74 Å². The fourth-order valence-electron chi connectivity index (χ4n) is 2.39. The van der Waals surface area contributed by atoms with Crippen LogP contribution in [0.2, 0.25) is 0 Å². The van der Waals surface area contributed by atoms with Gasteiger partial charge < -0.3 is 10.1 Å². The predicted octanol–water partition coefficient (Wildman–Crippen LogP) is 4.77. The first-order valence-corrected chi connectivity index (χ1v) is 7.84. The molecule has 2 rings (SSSR count). The zero-order valence-electron chi connectivity index (χ0n) is 13.7. The van der Waals surface area contributed by atoms with Gasteiger partial charge in [-0.05, 0) is 64.2 Å². The molecule has 1 aromatic rings. The Morgan fingerprint density at radius 1 is 1.41 bits per heavy atom. The van der Waals surface area contributed by atoms with Crippen molar-refractivity contribution in [3.8, 4) is 0 Å². The molecule has 0 saturated heterocycles.